The minimum absolute atomic E-state index is 0.232. The molecule has 0 N–H and O–H groups in total. The molecule has 6 heteroatoms. The van der Waals surface area contributed by atoms with Crippen molar-refractivity contribution in [3.63, 3.8) is 0 Å². The molecule has 2 unspecified atom stereocenters. The molecule has 2 aliphatic carbocycles. The Bertz CT molecular complexity index is 2180. The van der Waals surface area contributed by atoms with Gasteiger partial charge in [0.1, 0.15) is 25.9 Å². The Kier molecular flexibility index (Phi) is 6.92. The lowest BCUT2D eigenvalue weighted by atomic mass is 9.70. The van der Waals surface area contributed by atoms with E-state index in [1.54, 1.807) is 36.4 Å². The Morgan fingerprint density at radius 3 is 1.23 bits per heavy atom. The smallest absolute Gasteiger partial charge is 0.145 e. The quantitative estimate of drug-likeness (QED) is 0.168. The molecule has 232 valence electrons. The first kappa shape index (κ1) is 30.0. The molecule has 2 atom stereocenters. The summed E-state index contributed by atoms with van der Waals surface area (Å²) in [7, 11) is -6.69. The summed E-state index contributed by atoms with van der Waals surface area (Å²) in [6, 6.07) is 41.2. The molecule has 6 aromatic rings. The van der Waals surface area contributed by atoms with Crippen molar-refractivity contribution in [2.24, 2.45) is 0 Å². The molecule has 0 heterocycles. The van der Waals surface area contributed by atoms with Crippen LogP contribution < -0.4 is 21.2 Å². The van der Waals surface area contributed by atoms with Gasteiger partial charge in [-0.05, 0) is 80.9 Å². The summed E-state index contributed by atoms with van der Waals surface area (Å²) in [5.41, 5.74) is 7.41. The molecule has 0 fully saturated rings. The van der Waals surface area contributed by atoms with Crippen molar-refractivity contribution in [2.75, 3.05) is 12.3 Å². The van der Waals surface area contributed by atoms with E-state index in [0.717, 1.165) is 44.5 Å². The minimum atomic E-state index is -3.34. The molecule has 0 aromatic heterocycles. The molecule has 47 heavy (non-hydrogen) atoms. The molecule has 2 aliphatic rings. The molecule has 2 nitrogen and oxygen atoms in total. The van der Waals surface area contributed by atoms with E-state index >= 15 is 8.78 Å². The summed E-state index contributed by atoms with van der Waals surface area (Å²) < 4.78 is 60.3. The molecule has 0 amide bonds. The zero-order valence-corrected chi connectivity index (χ0v) is 27.9. The molecular formula is C41H32F2O2P2. The highest BCUT2D eigenvalue weighted by atomic mass is 31.2. The highest BCUT2D eigenvalue weighted by Crippen LogP contribution is 2.63. The fourth-order valence-electron chi connectivity index (χ4n) is 8.04. The van der Waals surface area contributed by atoms with Crippen LogP contribution in [0.4, 0.5) is 8.78 Å². The molecule has 8 rings (SSSR count). The summed E-state index contributed by atoms with van der Waals surface area (Å²) in [6.45, 7) is 3.70. The van der Waals surface area contributed by atoms with E-state index in [1.165, 1.54) is 12.1 Å². The average molecular weight is 657 g/mol. The van der Waals surface area contributed by atoms with Gasteiger partial charge in [0.25, 0.3) is 0 Å². The third kappa shape index (κ3) is 4.02. The Morgan fingerprint density at radius 1 is 0.468 bits per heavy atom. The maximum atomic E-state index is 15.3. The van der Waals surface area contributed by atoms with Crippen molar-refractivity contribution >= 4 is 35.5 Å². The molecule has 0 saturated heterocycles. The maximum Gasteiger partial charge on any atom is 0.145 e. The Hall–Kier alpha value is -4.36. The van der Waals surface area contributed by atoms with Gasteiger partial charge in [-0.3, -0.25) is 0 Å². The first-order valence-corrected chi connectivity index (χ1v) is 19.8. The van der Waals surface area contributed by atoms with Crippen LogP contribution in [0.25, 0.3) is 22.3 Å². The predicted molar refractivity (Wildman–Crippen MR) is 190 cm³/mol. The normalized spacial score (nSPS) is 18.1. The number of halogens is 2. The zero-order valence-electron chi connectivity index (χ0n) is 26.1. The van der Waals surface area contributed by atoms with Crippen molar-refractivity contribution in [1.29, 1.82) is 0 Å². The zero-order chi connectivity index (χ0) is 32.6. The van der Waals surface area contributed by atoms with Gasteiger partial charge in [-0.1, -0.05) is 111 Å². The van der Waals surface area contributed by atoms with Crippen molar-refractivity contribution in [3.05, 3.63) is 167 Å². The second-order valence-corrected chi connectivity index (χ2v) is 18.5. The van der Waals surface area contributed by atoms with Gasteiger partial charge < -0.3 is 9.13 Å². The van der Waals surface area contributed by atoms with E-state index in [4.69, 9.17) is 0 Å². The number of rotatable bonds is 6. The van der Waals surface area contributed by atoms with Crippen LogP contribution in [0.1, 0.15) is 36.1 Å². The van der Waals surface area contributed by atoms with Crippen LogP contribution >= 0.6 is 14.3 Å². The van der Waals surface area contributed by atoms with E-state index < -0.39 is 31.3 Å². The summed E-state index contributed by atoms with van der Waals surface area (Å²) in [4.78, 5) is 0. The highest BCUT2D eigenvalue weighted by Gasteiger charge is 2.52. The first-order chi connectivity index (χ1) is 22.8. The summed E-state index contributed by atoms with van der Waals surface area (Å²) in [5.74, 6) is -0.943. The van der Waals surface area contributed by atoms with Crippen LogP contribution in [0.15, 0.2) is 133 Å². The summed E-state index contributed by atoms with van der Waals surface area (Å²) in [5, 5.41) is 1.66. The standard InChI is InChI=1S/C41H32F2O2P2/c1-3-46(44,39-19-11-9-17-37(39)42)27-21-23-31-29-13-5-7-15-33(29)41(35(31)25-27)34-16-8-6-14-30(34)32-24-22-28(26-36(32)41)47(45,4-2)40-20-12-10-18-38(40)43/h5-26H,3-4H2,1-2H3. The molecule has 0 aliphatic heterocycles. The number of benzene rings is 6. The van der Waals surface area contributed by atoms with Gasteiger partial charge in [0.2, 0.25) is 0 Å². The van der Waals surface area contributed by atoms with E-state index in [1.807, 2.05) is 74.5 Å². The highest BCUT2D eigenvalue weighted by molar-refractivity contribution is 7.79. The summed E-state index contributed by atoms with van der Waals surface area (Å²) in [6.07, 6.45) is 0.540. The lowest BCUT2D eigenvalue weighted by molar-refractivity contribution is 0.583. The fourth-order valence-corrected chi connectivity index (χ4v) is 12.8. The Labute approximate surface area is 273 Å². The molecule has 0 radical (unpaired) electrons. The van der Waals surface area contributed by atoms with E-state index in [2.05, 4.69) is 24.3 Å². The van der Waals surface area contributed by atoms with E-state index in [0.29, 0.717) is 10.6 Å². The number of hydrogen-bond acceptors (Lipinski definition) is 2. The van der Waals surface area contributed by atoms with Gasteiger partial charge >= 0.3 is 0 Å². The largest absolute Gasteiger partial charge is 0.314 e. The van der Waals surface area contributed by atoms with Gasteiger partial charge in [0, 0.05) is 22.9 Å². The van der Waals surface area contributed by atoms with E-state index in [-0.39, 0.29) is 22.9 Å². The monoisotopic (exact) mass is 656 g/mol. The van der Waals surface area contributed by atoms with Gasteiger partial charge in [-0.25, -0.2) is 8.78 Å². The fraction of sp³-hybridized carbons (Fsp3) is 0.122. The van der Waals surface area contributed by atoms with Crippen LogP contribution in [0.3, 0.4) is 0 Å². The van der Waals surface area contributed by atoms with Gasteiger partial charge in [0.05, 0.1) is 16.0 Å². The van der Waals surface area contributed by atoms with Gasteiger partial charge in [-0.15, -0.1) is 0 Å². The van der Waals surface area contributed by atoms with Gasteiger partial charge in [-0.2, -0.15) is 0 Å². The topological polar surface area (TPSA) is 34.1 Å². The lowest BCUT2D eigenvalue weighted by Crippen LogP contribution is -2.29. The third-order valence-electron chi connectivity index (χ3n) is 10.3. The van der Waals surface area contributed by atoms with Crippen LogP contribution in [0.2, 0.25) is 0 Å². The molecular weight excluding hydrogens is 624 g/mol. The van der Waals surface area contributed by atoms with Crippen LogP contribution in [0, 0.1) is 11.6 Å². The van der Waals surface area contributed by atoms with Crippen LogP contribution in [-0.2, 0) is 14.5 Å². The molecule has 0 bridgehead atoms. The van der Waals surface area contributed by atoms with Crippen LogP contribution in [0.5, 0.6) is 0 Å². The van der Waals surface area contributed by atoms with Crippen molar-refractivity contribution in [2.45, 2.75) is 19.3 Å². The first-order valence-electron chi connectivity index (χ1n) is 16.0. The molecule has 1 spiro atoms. The minimum Gasteiger partial charge on any atom is -0.314 e. The molecule has 0 saturated carbocycles. The van der Waals surface area contributed by atoms with Gasteiger partial charge in [0.15, 0.2) is 0 Å². The second-order valence-electron chi connectivity index (χ2n) is 12.3. The third-order valence-corrected chi connectivity index (χ3v) is 16.6. The Morgan fingerprint density at radius 2 is 0.830 bits per heavy atom. The van der Waals surface area contributed by atoms with Crippen molar-refractivity contribution in [1.82, 2.24) is 0 Å². The Balaban J connectivity index is 1.46. The van der Waals surface area contributed by atoms with Crippen molar-refractivity contribution in [3.8, 4) is 22.3 Å². The molecule has 6 aromatic carbocycles. The maximum absolute atomic E-state index is 15.3. The number of hydrogen-bond donors (Lipinski definition) is 0. The summed E-state index contributed by atoms with van der Waals surface area (Å²) >= 11 is 0. The predicted octanol–water partition coefficient (Wildman–Crippen LogP) is 8.98. The second kappa shape index (κ2) is 10.8. The van der Waals surface area contributed by atoms with E-state index in [9.17, 15) is 9.13 Å². The SMILES string of the molecule is CCP(=O)(c1ccc2c(c1)C1(c3ccccc3-2)c2ccccc2-c2ccc(P(=O)(CC)c3ccccc3F)cc21)c1ccccc1F. The number of fused-ring (bicyclic) bond motifs is 10. The van der Waals surface area contributed by atoms with Crippen LogP contribution in [-0.4, -0.2) is 12.3 Å². The average Bonchev–Trinajstić information content (AvgIpc) is 3.58. The lowest BCUT2D eigenvalue weighted by Gasteiger charge is -2.32. The van der Waals surface area contributed by atoms with Crippen molar-refractivity contribution < 1.29 is 17.9 Å².